The van der Waals surface area contributed by atoms with Gasteiger partial charge in [-0.15, -0.1) is 0 Å². The van der Waals surface area contributed by atoms with Crippen LogP contribution in [0.15, 0.2) is 24.3 Å². The molecule has 2 N–H and O–H groups in total. The smallest absolute Gasteiger partial charge is 0.119 e. The van der Waals surface area contributed by atoms with Crippen LogP contribution in [0.5, 0.6) is 5.75 Å². The first-order chi connectivity index (χ1) is 9.30. The Morgan fingerprint density at radius 2 is 1.89 bits per heavy atom. The predicted octanol–water partition coefficient (Wildman–Crippen LogP) is 3.12. The van der Waals surface area contributed by atoms with E-state index in [9.17, 15) is 0 Å². The Morgan fingerprint density at radius 3 is 2.47 bits per heavy atom. The summed E-state index contributed by atoms with van der Waals surface area (Å²) in [5.74, 6) is 0.939. The molecule has 0 radical (unpaired) electrons. The lowest BCUT2D eigenvalue weighted by molar-refractivity contribution is 0.238. The van der Waals surface area contributed by atoms with Gasteiger partial charge in [0.2, 0.25) is 0 Å². The number of nitrogens with one attached hydrogen (secondary N) is 1. The number of unbranched alkanes of at least 4 members (excludes halogenated alkanes) is 2. The second-order valence-corrected chi connectivity index (χ2v) is 4.87. The van der Waals surface area contributed by atoms with Gasteiger partial charge in [0.25, 0.3) is 0 Å². The highest BCUT2D eigenvalue weighted by Crippen LogP contribution is 2.13. The minimum absolute atomic E-state index is 0.185. The molecule has 1 atom stereocenters. The molecule has 1 rings (SSSR count). The molecule has 3 heteroatoms. The van der Waals surface area contributed by atoms with E-state index < -0.39 is 0 Å². The van der Waals surface area contributed by atoms with Crippen LogP contribution >= 0.6 is 0 Å². The first-order valence-electron chi connectivity index (χ1n) is 7.36. The Balaban J connectivity index is 2.30. The monoisotopic (exact) mass is 265 g/mol. The quantitative estimate of drug-likeness (QED) is 0.639. The molecule has 3 nitrogen and oxygen atoms in total. The van der Waals surface area contributed by atoms with Gasteiger partial charge in [0.15, 0.2) is 0 Å². The van der Waals surface area contributed by atoms with E-state index in [-0.39, 0.29) is 12.6 Å². The third-order valence-corrected chi connectivity index (χ3v) is 3.25. The van der Waals surface area contributed by atoms with Gasteiger partial charge in [0.1, 0.15) is 5.75 Å². The molecule has 0 amide bonds. The minimum Gasteiger partial charge on any atom is -0.494 e. The molecule has 0 aliphatic carbocycles. The van der Waals surface area contributed by atoms with Crippen LogP contribution < -0.4 is 10.1 Å². The van der Waals surface area contributed by atoms with Gasteiger partial charge in [-0.2, -0.15) is 0 Å². The molecule has 1 aromatic rings. The van der Waals surface area contributed by atoms with Gasteiger partial charge in [-0.25, -0.2) is 0 Å². The van der Waals surface area contributed by atoms with Crippen molar-refractivity contribution in [2.75, 3.05) is 13.2 Å². The van der Waals surface area contributed by atoms with Crippen molar-refractivity contribution in [2.45, 2.75) is 52.1 Å². The predicted molar refractivity (Wildman–Crippen MR) is 79.5 cm³/mol. The number of benzene rings is 1. The van der Waals surface area contributed by atoms with Crippen LogP contribution in [0.3, 0.4) is 0 Å². The summed E-state index contributed by atoms with van der Waals surface area (Å²) in [7, 11) is 0. The van der Waals surface area contributed by atoms with Crippen LogP contribution in [0.1, 0.15) is 45.1 Å². The maximum Gasteiger partial charge on any atom is 0.119 e. The van der Waals surface area contributed by atoms with Crippen LogP contribution in [0, 0.1) is 0 Å². The summed E-state index contributed by atoms with van der Waals surface area (Å²) in [6, 6.07) is 8.37. The van der Waals surface area contributed by atoms with Crippen molar-refractivity contribution in [1.82, 2.24) is 5.32 Å². The average Bonchev–Trinajstić information content (AvgIpc) is 2.46. The highest BCUT2D eigenvalue weighted by Gasteiger charge is 2.03. The maximum absolute atomic E-state index is 9.11. The van der Waals surface area contributed by atoms with Gasteiger partial charge in [0, 0.05) is 12.6 Å². The Hall–Kier alpha value is -1.06. The highest BCUT2D eigenvalue weighted by atomic mass is 16.5. The Kier molecular flexibility index (Phi) is 8.26. The zero-order valence-corrected chi connectivity index (χ0v) is 12.2. The van der Waals surface area contributed by atoms with E-state index in [0.29, 0.717) is 0 Å². The summed E-state index contributed by atoms with van der Waals surface area (Å²) in [6.07, 6.45) is 4.50. The average molecular weight is 265 g/mol. The first-order valence-corrected chi connectivity index (χ1v) is 7.36. The van der Waals surface area contributed by atoms with E-state index in [1.165, 1.54) is 18.4 Å². The largest absolute Gasteiger partial charge is 0.494 e. The SMILES string of the molecule is CCCCCOc1ccc(CN[C@@H](CC)CO)cc1. The summed E-state index contributed by atoms with van der Waals surface area (Å²) < 4.78 is 5.67. The van der Waals surface area contributed by atoms with Crippen LogP contribution in [0.25, 0.3) is 0 Å². The van der Waals surface area contributed by atoms with E-state index in [4.69, 9.17) is 9.84 Å². The summed E-state index contributed by atoms with van der Waals surface area (Å²) in [5.41, 5.74) is 1.22. The fourth-order valence-electron chi connectivity index (χ4n) is 1.85. The van der Waals surface area contributed by atoms with Gasteiger partial charge in [0.05, 0.1) is 13.2 Å². The summed E-state index contributed by atoms with van der Waals surface area (Å²) >= 11 is 0. The van der Waals surface area contributed by atoms with Gasteiger partial charge < -0.3 is 15.2 Å². The Morgan fingerprint density at radius 1 is 1.16 bits per heavy atom. The van der Waals surface area contributed by atoms with Crippen LogP contribution in [0.4, 0.5) is 0 Å². The number of aliphatic hydroxyl groups excluding tert-OH is 1. The van der Waals surface area contributed by atoms with Crippen LogP contribution in [-0.4, -0.2) is 24.4 Å². The lowest BCUT2D eigenvalue weighted by Gasteiger charge is -2.14. The standard InChI is InChI=1S/C16H27NO2/c1-3-5-6-11-19-16-9-7-14(8-10-16)12-17-15(4-2)13-18/h7-10,15,17-18H,3-6,11-13H2,1-2H3/t15-/m0/s1. The zero-order chi connectivity index (χ0) is 13.9. The van der Waals surface area contributed by atoms with E-state index in [0.717, 1.165) is 31.7 Å². The second kappa shape index (κ2) is 9.82. The zero-order valence-electron chi connectivity index (χ0n) is 12.2. The van der Waals surface area contributed by atoms with E-state index in [2.05, 4.69) is 31.3 Å². The molecular weight excluding hydrogens is 238 g/mol. The molecule has 0 aliphatic rings. The second-order valence-electron chi connectivity index (χ2n) is 4.87. The fraction of sp³-hybridized carbons (Fsp3) is 0.625. The molecule has 0 spiro atoms. The van der Waals surface area contributed by atoms with E-state index in [1.807, 2.05) is 12.1 Å². The molecule has 1 aromatic carbocycles. The molecule has 0 heterocycles. The topological polar surface area (TPSA) is 41.5 Å². The van der Waals surface area contributed by atoms with E-state index >= 15 is 0 Å². The third-order valence-electron chi connectivity index (χ3n) is 3.25. The lowest BCUT2D eigenvalue weighted by Crippen LogP contribution is -2.31. The highest BCUT2D eigenvalue weighted by molar-refractivity contribution is 5.27. The van der Waals surface area contributed by atoms with Crippen molar-refractivity contribution in [3.05, 3.63) is 29.8 Å². The molecule has 0 aliphatic heterocycles. The molecule has 19 heavy (non-hydrogen) atoms. The van der Waals surface area contributed by atoms with Gasteiger partial charge in [-0.1, -0.05) is 38.8 Å². The maximum atomic E-state index is 9.11. The van der Waals surface area contributed by atoms with Crippen LogP contribution in [0.2, 0.25) is 0 Å². The summed E-state index contributed by atoms with van der Waals surface area (Å²) in [4.78, 5) is 0. The number of hydrogen-bond acceptors (Lipinski definition) is 3. The van der Waals surface area contributed by atoms with Crippen LogP contribution in [-0.2, 0) is 6.54 Å². The molecule has 0 bridgehead atoms. The third kappa shape index (κ3) is 6.60. The number of aliphatic hydroxyl groups is 1. The van der Waals surface area contributed by atoms with Gasteiger partial charge >= 0.3 is 0 Å². The number of rotatable bonds is 10. The van der Waals surface area contributed by atoms with Crippen molar-refractivity contribution in [1.29, 1.82) is 0 Å². The molecule has 108 valence electrons. The Labute approximate surface area is 117 Å². The molecule has 0 saturated heterocycles. The minimum atomic E-state index is 0.185. The van der Waals surface area contributed by atoms with Crippen molar-refractivity contribution >= 4 is 0 Å². The van der Waals surface area contributed by atoms with Gasteiger partial charge in [-0.05, 0) is 30.5 Å². The normalized spacial score (nSPS) is 12.4. The summed E-state index contributed by atoms with van der Waals surface area (Å²) in [6.45, 7) is 6.04. The van der Waals surface area contributed by atoms with Crippen molar-refractivity contribution in [2.24, 2.45) is 0 Å². The molecular formula is C16H27NO2. The molecule has 0 aromatic heterocycles. The van der Waals surface area contributed by atoms with Crippen molar-refractivity contribution in [3.63, 3.8) is 0 Å². The summed E-state index contributed by atoms with van der Waals surface area (Å²) in [5, 5.41) is 12.4. The lowest BCUT2D eigenvalue weighted by atomic mass is 10.2. The van der Waals surface area contributed by atoms with E-state index in [1.54, 1.807) is 0 Å². The van der Waals surface area contributed by atoms with Gasteiger partial charge in [-0.3, -0.25) is 0 Å². The fourth-order valence-corrected chi connectivity index (χ4v) is 1.85. The first kappa shape index (κ1) is 16.0. The molecule has 0 saturated carbocycles. The van der Waals surface area contributed by atoms with Crippen molar-refractivity contribution in [3.8, 4) is 5.75 Å². The number of hydrogen-bond donors (Lipinski definition) is 2. The molecule has 0 unspecified atom stereocenters. The molecule has 0 fully saturated rings. The number of ether oxygens (including phenoxy) is 1. The Bertz CT molecular complexity index is 320. The van der Waals surface area contributed by atoms with Crippen molar-refractivity contribution < 1.29 is 9.84 Å².